The third kappa shape index (κ3) is 11.7. The number of aromatic nitrogens is 1. The quantitative estimate of drug-likeness (QED) is 0.366. The number of ether oxygens (including phenoxy) is 2. The van der Waals surface area contributed by atoms with Crippen LogP contribution in [0.5, 0.6) is 10.8 Å². The van der Waals surface area contributed by atoms with Crippen molar-refractivity contribution in [1.82, 2.24) is 4.98 Å². The van der Waals surface area contributed by atoms with Crippen molar-refractivity contribution >= 4 is 44.6 Å². The zero-order valence-electron chi connectivity index (χ0n) is 26.2. The molecule has 40 heavy (non-hydrogen) atoms. The number of aliphatic carboxylic acids is 1. The summed E-state index contributed by atoms with van der Waals surface area (Å²) >= 11 is 1.24. The maximum Gasteiger partial charge on any atom is 0.308 e. The smallest absolute Gasteiger partial charge is 0.308 e. The molecule has 1 aromatic carbocycles. The van der Waals surface area contributed by atoms with Crippen LogP contribution in [0, 0.1) is 5.41 Å². The van der Waals surface area contributed by atoms with Gasteiger partial charge in [-0.15, -0.1) is 0 Å². The van der Waals surface area contributed by atoms with E-state index in [2.05, 4.69) is 10.3 Å². The van der Waals surface area contributed by atoms with Crippen molar-refractivity contribution in [1.29, 1.82) is 0 Å². The first-order valence-electron chi connectivity index (χ1n) is 13.7. The van der Waals surface area contributed by atoms with E-state index in [1.165, 1.54) is 22.6 Å². The second kappa shape index (κ2) is 19.3. The number of hydrogen-bond acceptors (Lipinski definition) is 8. The van der Waals surface area contributed by atoms with Gasteiger partial charge in [-0.25, -0.2) is 4.98 Å². The number of fused-ring (bicyclic) bond motifs is 1. The van der Waals surface area contributed by atoms with Crippen LogP contribution in [0.2, 0.25) is 0 Å². The topological polar surface area (TPSA) is 135 Å². The number of carbonyl (C=O) groups is 2. The number of nitrogens with zero attached hydrogens (tertiary/aromatic N) is 2. The number of hydrogen-bond donors (Lipinski definition) is 2. The van der Waals surface area contributed by atoms with Crippen molar-refractivity contribution in [3.05, 3.63) is 23.2 Å². The number of thiazole rings is 1. The second-order valence-corrected chi connectivity index (χ2v) is 11.2. The van der Waals surface area contributed by atoms with Gasteiger partial charge in [0.2, 0.25) is 16.0 Å². The van der Waals surface area contributed by atoms with E-state index in [1.807, 2.05) is 48.5 Å². The maximum absolute atomic E-state index is 13.4. The molecule has 2 aromatic rings. The lowest BCUT2D eigenvalue weighted by molar-refractivity contribution is -0.145. The van der Waals surface area contributed by atoms with Crippen molar-refractivity contribution in [2.45, 2.75) is 94.5 Å². The molecule has 12 heteroatoms. The Labute approximate surface area is 245 Å². The standard InChI is InChI=1S/C17H21N3O5S2.C5H10O2.3C2H6/c1-4-15-19-16(17(26-15)24-5-2)27(22,23)20-8-9-25-14-7-6-12(10-13(14)20)18-11(3)21;1-5(2,3)4(6)7;3*1-2/h6-7,10H,4-5,8-9H2,1-3H3,(H,18,21);1-3H3,(H,6,7);3*1-2H3. The Morgan fingerprint density at radius 1 is 1.12 bits per heavy atom. The number of anilines is 2. The van der Waals surface area contributed by atoms with E-state index >= 15 is 0 Å². The first-order chi connectivity index (χ1) is 18.8. The Kier molecular flexibility index (Phi) is 18.9. The molecule has 0 fully saturated rings. The van der Waals surface area contributed by atoms with E-state index in [9.17, 15) is 18.0 Å². The molecule has 0 atom stereocenters. The number of carbonyl (C=O) groups excluding carboxylic acids is 1. The van der Waals surface area contributed by atoms with Crippen LogP contribution in [0.4, 0.5) is 11.4 Å². The zero-order valence-corrected chi connectivity index (χ0v) is 27.8. The van der Waals surface area contributed by atoms with E-state index in [-0.39, 0.29) is 24.1 Å². The molecule has 2 heterocycles. The average Bonchev–Trinajstić information content (AvgIpc) is 3.35. The Hall–Kier alpha value is -2.86. The third-order valence-electron chi connectivity index (χ3n) is 4.47. The Morgan fingerprint density at radius 2 is 1.68 bits per heavy atom. The summed E-state index contributed by atoms with van der Waals surface area (Å²) in [5, 5.41) is 11.8. The predicted molar refractivity (Wildman–Crippen MR) is 165 cm³/mol. The van der Waals surface area contributed by atoms with Crippen molar-refractivity contribution in [3.63, 3.8) is 0 Å². The number of benzene rings is 1. The lowest BCUT2D eigenvalue weighted by Crippen LogP contribution is -2.38. The molecule has 2 N–H and O–H groups in total. The molecule has 10 nitrogen and oxygen atoms in total. The van der Waals surface area contributed by atoms with Gasteiger partial charge in [0.1, 0.15) is 12.4 Å². The maximum atomic E-state index is 13.4. The molecule has 0 spiro atoms. The SMILES string of the molecule is CC.CC.CC.CC(C)(C)C(=O)O.CCOc1sc(CC)nc1S(=O)(=O)N1CCOc2ccc(NC(C)=O)cc21. The first kappa shape index (κ1) is 39.3. The predicted octanol–water partition coefficient (Wildman–Crippen LogP) is 6.85. The fourth-order valence-corrected chi connectivity index (χ4v) is 5.42. The number of sulfonamides is 1. The molecule has 0 saturated heterocycles. The number of amides is 1. The highest BCUT2D eigenvalue weighted by atomic mass is 32.2. The highest BCUT2D eigenvalue weighted by Crippen LogP contribution is 2.40. The second-order valence-electron chi connectivity index (χ2n) is 8.33. The number of carboxylic acids is 1. The zero-order chi connectivity index (χ0) is 31.7. The van der Waals surface area contributed by atoms with E-state index in [1.54, 1.807) is 45.9 Å². The van der Waals surface area contributed by atoms with Crippen molar-refractivity contribution < 1.29 is 32.6 Å². The van der Waals surface area contributed by atoms with E-state index in [0.717, 1.165) is 0 Å². The van der Waals surface area contributed by atoms with Crippen LogP contribution in [-0.2, 0) is 26.0 Å². The van der Waals surface area contributed by atoms with Gasteiger partial charge >= 0.3 is 5.97 Å². The van der Waals surface area contributed by atoms with Crippen molar-refractivity contribution in [2.24, 2.45) is 5.41 Å². The molecule has 1 aliphatic heterocycles. The van der Waals surface area contributed by atoms with Gasteiger partial charge in [-0.3, -0.25) is 13.9 Å². The Bertz CT molecular complexity index is 1140. The monoisotopic (exact) mass is 603 g/mol. The van der Waals surface area contributed by atoms with Gasteiger partial charge < -0.3 is 19.9 Å². The van der Waals surface area contributed by atoms with Crippen LogP contribution < -0.4 is 19.1 Å². The highest BCUT2D eigenvalue weighted by Gasteiger charge is 2.35. The lowest BCUT2D eigenvalue weighted by Gasteiger charge is -2.30. The van der Waals surface area contributed by atoms with Gasteiger partial charge in [0.25, 0.3) is 10.0 Å². The molecule has 1 amide bonds. The van der Waals surface area contributed by atoms with Crippen LogP contribution in [0.25, 0.3) is 0 Å². The molecule has 0 radical (unpaired) electrons. The van der Waals surface area contributed by atoms with Gasteiger partial charge in [0.05, 0.1) is 29.3 Å². The molecule has 0 unspecified atom stereocenters. The average molecular weight is 604 g/mol. The summed E-state index contributed by atoms with van der Waals surface area (Å²) in [6.07, 6.45) is 0.618. The molecule has 0 saturated carbocycles. The molecular formula is C28H49N3O7S2. The molecule has 0 aliphatic carbocycles. The van der Waals surface area contributed by atoms with Gasteiger partial charge in [0.15, 0.2) is 0 Å². The van der Waals surface area contributed by atoms with Gasteiger partial charge in [-0.1, -0.05) is 59.8 Å². The van der Waals surface area contributed by atoms with Gasteiger partial charge in [-0.2, -0.15) is 8.42 Å². The lowest BCUT2D eigenvalue weighted by atomic mass is 9.98. The molecule has 230 valence electrons. The minimum atomic E-state index is -3.95. The number of nitrogens with one attached hydrogen (secondary N) is 1. The number of carboxylic acid groups (broad SMARTS) is 1. The normalized spacial score (nSPS) is 11.7. The Balaban J connectivity index is 0. The fourth-order valence-electron chi connectivity index (χ4n) is 2.70. The third-order valence-corrected chi connectivity index (χ3v) is 7.43. The molecular weight excluding hydrogens is 554 g/mol. The van der Waals surface area contributed by atoms with Gasteiger partial charge in [0, 0.05) is 12.6 Å². The van der Waals surface area contributed by atoms with E-state index in [0.29, 0.717) is 40.2 Å². The van der Waals surface area contributed by atoms with Crippen LogP contribution >= 0.6 is 11.3 Å². The largest absolute Gasteiger partial charge is 0.489 e. The van der Waals surface area contributed by atoms with Gasteiger partial charge in [-0.05, 0) is 52.3 Å². The summed E-state index contributed by atoms with van der Waals surface area (Å²) in [6.45, 7) is 22.8. The van der Waals surface area contributed by atoms with Crippen LogP contribution in [0.3, 0.4) is 0 Å². The highest BCUT2D eigenvalue weighted by molar-refractivity contribution is 7.93. The van der Waals surface area contributed by atoms with Crippen LogP contribution in [0.15, 0.2) is 23.2 Å². The number of aryl methyl sites for hydroxylation is 1. The summed E-state index contributed by atoms with van der Waals surface area (Å²) in [5.74, 6) is -0.567. The van der Waals surface area contributed by atoms with Crippen LogP contribution in [0.1, 0.15) is 88.1 Å². The van der Waals surface area contributed by atoms with E-state index in [4.69, 9.17) is 14.6 Å². The van der Waals surface area contributed by atoms with Crippen molar-refractivity contribution in [2.75, 3.05) is 29.4 Å². The summed E-state index contributed by atoms with van der Waals surface area (Å²) in [4.78, 5) is 25.6. The summed E-state index contributed by atoms with van der Waals surface area (Å²) < 4.78 is 39.1. The Morgan fingerprint density at radius 3 is 2.12 bits per heavy atom. The summed E-state index contributed by atoms with van der Waals surface area (Å²) in [6, 6.07) is 4.89. The number of rotatable bonds is 6. The van der Waals surface area contributed by atoms with Crippen molar-refractivity contribution in [3.8, 4) is 10.8 Å². The van der Waals surface area contributed by atoms with Crippen LogP contribution in [-0.4, -0.2) is 50.1 Å². The summed E-state index contributed by atoms with van der Waals surface area (Å²) in [5.41, 5.74) is 0.269. The minimum Gasteiger partial charge on any atom is -0.489 e. The molecule has 0 bridgehead atoms. The van der Waals surface area contributed by atoms with E-state index < -0.39 is 21.4 Å². The molecule has 1 aliphatic rings. The molecule has 3 rings (SSSR count). The fraction of sp³-hybridized carbons (Fsp3) is 0.607. The minimum absolute atomic E-state index is 0.0796. The molecule has 1 aromatic heterocycles. The first-order valence-corrected chi connectivity index (χ1v) is 16.0. The summed E-state index contributed by atoms with van der Waals surface area (Å²) in [7, 11) is -3.95.